The molecule has 0 spiro atoms. The molecule has 2 heteroatoms. The fourth-order valence-corrected chi connectivity index (χ4v) is 6.45. The zero-order chi connectivity index (χ0) is 14.0. The first-order valence-corrected chi connectivity index (χ1v) is 9.90. The van der Waals surface area contributed by atoms with Crippen molar-refractivity contribution in [3.05, 3.63) is 0 Å². The van der Waals surface area contributed by atoms with Crippen LogP contribution in [0.25, 0.3) is 0 Å². The fourth-order valence-electron chi connectivity index (χ4n) is 4.72. The minimum atomic E-state index is 0.257. The molecule has 2 aliphatic carbocycles. The molecule has 114 valence electrons. The zero-order valence-electron chi connectivity index (χ0n) is 13.4. The second kappa shape index (κ2) is 6.42. The summed E-state index contributed by atoms with van der Waals surface area (Å²) >= 11 is 2.22. The second-order valence-electron chi connectivity index (χ2n) is 7.16. The van der Waals surface area contributed by atoms with E-state index in [9.17, 15) is 0 Å². The van der Waals surface area contributed by atoms with E-state index in [2.05, 4.69) is 25.6 Å². The third kappa shape index (κ3) is 2.82. The average Bonchev–Trinajstić information content (AvgIpc) is 2.87. The van der Waals surface area contributed by atoms with E-state index in [4.69, 9.17) is 4.99 Å². The van der Waals surface area contributed by atoms with Crippen molar-refractivity contribution in [3.63, 3.8) is 0 Å². The van der Waals surface area contributed by atoms with Crippen molar-refractivity contribution in [1.82, 2.24) is 0 Å². The van der Waals surface area contributed by atoms with Crippen LogP contribution in [0.1, 0.15) is 84.5 Å². The molecule has 2 fully saturated rings. The lowest BCUT2D eigenvalue weighted by molar-refractivity contribution is 0.279. The fraction of sp³-hybridized carbons (Fsp3) is 0.944. The summed E-state index contributed by atoms with van der Waals surface area (Å²) in [6.07, 6.45) is 15.6. The molecule has 1 nitrogen and oxygen atoms in total. The minimum absolute atomic E-state index is 0.257. The third-order valence-corrected chi connectivity index (χ3v) is 7.61. The number of thioether (sulfide) groups is 1. The lowest BCUT2D eigenvalue weighted by Gasteiger charge is -2.36. The van der Waals surface area contributed by atoms with Crippen molar-refractivity contribution in [2.75, 3.05) is 0 Å². The van der Waals surface area contributed by atoms with Crippen molar-refractivity contribution in [1.29, 1.82) is 0 Å². The maximum Gasteiger partial charge on any atom is 0.109 e. The van der Waals surface area contributed by atoms with Crippen molar-refractivity contribution in [2.45, 2.75) is 94.6 Å². The maximum atomic E-state index is 5.45. The summed E-state index contributed by atoms with van der Waals surface area (Å²) < 4.78 is 0. The lowest BCUT2D eigenvalue weighted by Crippen LogP contribution is -2.32. The summed E-state index contributed by atoms with van der Waals surface area (Å²) in [7, 11) is 0. The first kappa shape index (κ1) is 14.9. The predicted molar refractivity (Wildman–Crippen MR) is 90.7 cm³/mol. The van der Waals surface area contributed by atoms with E-state index >= 15 is 0 Å². The Morgan fingerprint density at radius 3 is 2.20 bits per heavy atom. The van der Waals surface area contributed by atoms with Crippen molar-refractivity contribution >= 4 is 17.5 Å². The van der Waals surface area contributed by atoms with Crippen LogP contribution in [-0.4, -0.2) is 15.8 Å². The van der Waals surface area contributed by atoms with Gasteiger partial charge in [-0.15, -0.1) is 11.8 Å². The van der Waals surface area contributed by atoms with Gasteiger partial charge in [-0.2, -0.15) is 0 Å². The van der Waals surface area contributed by atoms with Crippen molar-refractivity contribution in [3.8, 4) is 0 Å². The summed E-state index contributed by atoms with van der Waals surface area (Å²) in [4.78, 5) is 5.70. The molecule has 2 atom stereocenters. The average molecular weight is 294 g/mol. The van der Waals surface area contributed by atoms with Gasteiger partial charge in [-0.05, 0) is 50.9 Å². The van der Waals surface area contributed by atoms with E-state index in [1.54, 1.807) is 5.71 Å². The molecule has 0 aromatic heterocycles. The Hall–Kier alpha value is 0.0200. The van der Waals surface area contributed by atoms with E-state index in [0.717, 1.165) is 11.8 Å². The van der Waals surface area contributed by atoms with E-state index in [0.29, 0.717) is 5.25 Å². The van der Waals surface area contributed by atoms with E-state index in [-0.39, 0.29) is 4.87 Å². The molecule has 0 aromatic carbocycles. The molecule has 0 unspecified atom stereocenters. The van der Waals surface area contributed by atoms with Gasteiger partial charge < -0.3 is 0 Å². The Kier molecular flexibility index (Phi) is 4.79. The summed E-state index contributed by atoms with van der Waals surface area (Å²) in [5, 5.41) is 0.681. The van der Waals surface area contributed by atoms with Crippen LogP contribution in [0.5, 0.6) is 0 Å². The van der Waals surface area contributed by atoms with E-state index in [1.807, 2.05) is 0 Å². The van der Waals surface area contributed by atoms with Crippen LogP contribution in [0.3, 0.4) is 0 Å². The van der Waals surface area contributed by atoms with Gasteiger partial charge in [0.25, 0.3) is 0 Å². The van der Waals surface area contributed by atoms with Gasteiger partial charge in [0.1, 0.15) is 4.87 Å². The Morgan fingerprint density at radius 2 is 1.60 bits per heavy atom. The molecule has 0 radical (unpaired) electrons. The Balaban J connectivity index is 1.79. The maximum absolute atomic E-state index is 5.45. The topological polar surface area (TPSA) is 12.4 Å². The molecular weight excluding hydrogens is 262 g/mol. The van der Waals surface area contributed by atoms with Gasteiger partial charge in [0, 0.05) is 11.0 Å². The molecule has 1 heterocycles. The molecule has 0 bridgehead atoms. The molecule has 20 heavy (non-hydrogen) atoms. The number of nitrogens with zero attached hydrogens (tertiary/aromatic N) is 1. The van der Waals surface area contributed by atoms with Crippen LogP contribution in [-0.2, 0) is 0 Å². The summed E-state index contributed by atoms with van der Waals surface area (Å²) in [6, 6.07) is 0. The smallest absolute Gasteiger partial charge is 0.109 e. The summed E-state index contributed by atoms with van der Waals surface area (Å²) in [5.41, 5.74) is 1.60. The largest absolute Gasteiger partial charge is 0.275 e. The minimum Gasteiger partial charge on any atom is -0.275 e. The number of aliphatic imine (C=N–C) groups is 1. The lowest BCUT2D eigenvalue weighted by atomic mass is 9.81. The molecule has 3 rings (SSSR count). The van der Waals surface area contributed by atoms with Crippen molar-refractivity contribution in [2.24, 2.45) is 16.8 Å². The van der Waals surface area contributed by atoms with Crippen LogP contribution < -0.4 is 0 Å². The van der Waals surface area contributed by atoms with Crippen LogP contribution in [0.2, 0.25) is 0 Å². The van der Waals surface area contributed by atoms with Gasteiger partial charge in [-0.25, -0.2) is 0 Å². The zero-order valence-corrected chi connectivity index (χ0v) is 14.2. The molecule has 0 amide bonds. The standard InChI is InChI=1S/C18H31NS/c1-3-18(16-12-8-5-9-13-16)19-17(14(2)20-18)15-10-6-4-7-11-15/h14-16H,3-13H2,1-2H3/t14-,18-/m1/s1. The molecular formula is C18H31NS. The van der Waals surface area contributed by atoms with Gasteiger partial charge in [-0.3, -0.25) is 4.99 Å². The molecule has 0 saturated heterocycles. The number of hydrogen-bond donors (Lipinski definition) is 0. The van der Waals surface area contributed by atoms with Crippen molar-refractivity contribution < 1.29 is 0 Å². The van der Waals surface area contributed by atoms with Crippen LogP contribution >= 0.6 is 11.8 Å². The van der Waals surface area contributed by atoms with E-state index < -0.39 is 0 Å². The highest BCUT2D eigenvalue weighted by molar-refractivity contribution is 8.02. The predicted octanol–water partition coefficient (Wildman–Crippen LogP) is 5.83. The van der Waals surface area contributed by atoms with E-state index in [1.165, 1.54) is 70.6 Å². The first-order chi connectivity index (χ1) is 9.75. The monoisotopic (exact) mass is 293 g/mol. The molecule has 2 saturated carbocycles. The van der Waals surface area contributed by atoms with Gasteiger partial charge in [0.15, 0.2) is 0 Å². The highest BCUT2D eigenvalue weighted by atomic mass is 32.2. The quantitative estimate of drug-likeness (QED) is 0.637. The Labute approximate surface area is 129 Å². The van der Waals surface area contributed by atoms with Crippen LogP contribution in [0, 0.1) is 11.8 Å². The number of hydrogen-bond acceptors (Lipinski definition) is 2. The van der Waals surface area contributed by atoms with Gasteiger partial charge in [0.2, 0.25) is 0 Å². The highest BCUT2D eigenvalue weighted by Crippen LogP contribution is 2.52. The van der Waals surface area contributed by atoms with Gasteiger partial charge in [0.05, 0.1) is 0 Å². The third-order valence-electron chi connectivity index (χ3n) is 5.89. The molecule has 3 aliphatic rings. The highest BCUT2D eigenvalue weighted by Gasteiger charge is 2.45. The van der Waals surface area contributed by atoms with Gasteiger partial charge in [-0.1, -0.05) is 45.4 Å². The first-order valence-electron chi connectivity index (χ1n) is 9.02. The number of rotatable bonds is 3. The molecule has 1 aliphatic heterocycles. The molecule has 0 N–H and O–H groups in total. The molecule has 0 aromatic rings. The Bertz CT molecular complexity index is 352. The van der Waals surface area contributed by atoms with Crippen LogP contribution in [0.15, 0.2) is 4.99 Å². The Morgan fingerprint density at radius 1 is 1.00 bits per heavy atom. The van der Waals surface area contributed by atoms with Gasteiger partial charge >= 0.3 is 0 Å². The summed E-state index contributed by atoms with van der Waals surface area (Å²) in [6.45, 7) is 4.81. The van der Waals surface area contributed by atoms with Crippen LogP contribution in [0.4, 0.5) is 0 Å². The SMILES string of the molecule is CC[C@@]1(C2CCCCC2)N=C(C2CCCCC2)[C@@H](C)S1. The normalized spacial score (nSPS) is 37.1. The summed E-state index contributed by atoms with van der Waals surface area (Å²) in [5.74, 6) is 1.68. The second-order valence-corrected chi connectivity index (χ2v) is 8.81.